The van der Waals surface area contributed by atoms with Crippen molar-refractivity contribution in [1.29, 1.82) is 0 Å². The highest BCUT2D eigenvalue weighted by Gasteiger charge is 2.35. The maximum atomic E-state index is 14.0. The van der Waals surface area contributed by atoms with Crippen LogP contribution in [-0.2, 0) is 22.6 Å². The van der Waals surface area contributed by atoms with Gasteiger partial charge in [-0.05, 0) is 53.9 Å². The van der Waals surface area contributed by atoms with E-state index < -0.39 is 6.04 Å². The zero-order valence-corrected chi connectivity index (χ0v) is 23.5. The predicted molar refractivity (Wildman–Crippen MR) is 148 cm³/mol. The van der Waals surface area contributed by atoms with Gasteiger partial charge in [0.15, 0.2) is 11.5 Å². The first kappa shape index (κ1) is 28.5. The SMILES string of the molecule is COc1ccc(CN(C(=O)CC(C)CC(C)(C)C)C(Cc2ccccc2)C(=O)N2CCCC2)cc1OC. The summed E-state index contributed by atoms with van der Waals surface area (Å²) in [5, 5.41) is 0. The Bertz CT molecular complexity index is 1030. The second-order valence-corrected chi connectivity index (χ2v) is 11.5. The molecule has 0 N–H and O–H groups in total. The fourth-order valence-corrected chi connectivity index (χ4v) is 5.40. The molecule has 1 aliphatic rings. The Kier molecular flexibility index (Phi) is 10.0. The molecule has 2 atom stereocenters. The fraction of sp³-hybridized carbons (Fsp3) is 0.548. The number of amides is 2. The van der Waals surface area contributed by atoms with Crippen LogP contribution in [0.1, 0.15) is 64.5 Å². The molecule has 2 aromatic rings. The van der Waals surface area contributed by atoms with Gasteiger partial charge >= 0.3 is 0 Å². The fourth-order valence-electron chi connectivity index (χ4n) is 5.40. The second-order valence-electron chi connectivity index (χ2n) is 11.5. The lowest BCUT2D eigenvalue weighted by atomic mass is 9.84. The highest BCUT2D eigenvalue weighted by molar-refractivity contribution is 5.88. The first-order valence-electron chi connectivity index (χ1n) is 13.4. The highest BCUT2D eigenvalue weighted by Crippen LogP contribution is 2.30. The average molecular weight is 509 g/mol. The summed E-state index contributed by atoms with van der Waals surface area (Å²) in [6.45, 7) is 10.6. The molecule has 1 saturated heterocycles. The predicted octanol–water partition coefficient (Wildman–Crippen LogP) is 5.73. The Morgan fingerprint density at radius 1 is 0.946 bits per heavy atom. The molecule has 1 fully saturated rings. The molecule has 0 spiro atoms. The molecule has 6 heteroatoms. The van der Waals surface area contributed by atoms with Crippen molar-refractivity contribution in [3.63, 3.8) is 0 Å². The molecule has 202 valence electrons. The van der Waals surface area contributed by atoms with Gasteiger partial charge < -0.3 is 19.3 Å². The average Bonchev–Trinajstić information content (AvgIpc) is 3.40. The van der Waals surface area contributed by atoms with Crippen LogP contribution in [0.15, 0.2) is 48.5 Å². The van der Waals surface area contributed by atoms with Crippen molar-refractivity contribution >= 4 is 11.8 Å². The molecule has 0 bridgehead atoms. The first-order valence-corrected chi connectivity index (χ1v) is 13.4. The van der Waals surface area contributed by atoms with E-state index in [1.807, 2.05) is 58.3 Å². The second kappa shape index (κ2) is 13.0. The lowest BCUT2D eigenvalue weighted by molar-refractivity contribution is -0.146. The number of ether oxygens (including phenoxy) is 2. The summed E-state index contributed by atoms with van der Waals surface area (Å²) in [4.78, 5) is 31.6. The number of benzene rings is 2. The Balaban J connectivity index is 1.97. The molecule has 37 heavy (non-hydrogen) atoms. The van der Waals surface area contributed by atoms with Gasteiger partial charge in [-0.3, -0.25) is 9.59 Å². The number of carbonyl (C=O) groups excluding carboxylic acids is 2. The van der Waals surface area contributed by atoms with Crippen molar-refractivity contribution in [2.75, 3.05) is 27.3 Å². The van der Waals surface area contributed by atoms with Crippen molar-refractivity contribution in [3.05, 3.63) is 59.7 Å². The van der Waals surface area contributed by atoms with Crippen molar-refractivity contribution in [2.45, 2.75) is 72.4 Å². The van der Waals surface area contributed by atoms with Crippen molar-refractivity contribution < 1.29 is 19.1 Å². The van der Waals surface area contributed by atoms with Gasteiger partial charge in [0.05, 0.1) is 14.2 Å². The van der Waals surface area contributed by atoms with Gasteiger partial charge in [-0.1, -0.05) is 64.1 Å². The number of nitrogens with zero attached hydrogens (tertiary/aromatic N) is 2. The molecule has 2 amide bonds. The van der Waals surface area contributed by atoms with E-state index in [4.69, 9.17) is 9.47 Å². The third-order valence-corrected chi connectivity index (χ3v) is 6.96. The van der Waals surface area contributed by atoms with E-state index in [9.17, 15) is 9.59 Å². The molecular formula is C31H44N2O4. The molecule has 0 aromatic heterocycles. The van der Waals surface area contributed by atoms with Crippen LogP contribution >= 0.6 is 0 Å². The third kappa shape index (κ3) is 8.24. The Morgan fingerprint density at radius 2 is 1.59 bits per heavy atom. The standard InChI is InChI=1S/C31H44N2O4/c1-23(21-31(2,3)4)18-29(34)33(22-25-14-15-27(36-5)28(20-25)37-6)26(19-24-12-8-7-9-13-24)30(35)32-16-10-11-17-32/h7-9,12-15,20,23,26H,10-11,16-19,21-22H2,1-6H3. The van der Waals surface area contributed by atoms with Gasteiger partial charge in [-0.25, -0.2) is 0 Å². The van der Waals surface area contributed by atoms with Crippen LogP contribution in [0.3, 0.4) is 0 Å². The minimum absolute atomic E-state index is 0.0139. The van der Waals surface area contributed by atoms with Gasteiger partial charge in [0.1, 0.15) is 6.04 Å². The number of hydrogen-bond donors (Lipinski definition) is 0. The van der Waals surface area contributed by atoms with Gasteiger partial charge in [0.25, 0.3) is 0 Å². The first-order chi connectivity index (χ1) is 17.6. The number of methoxy groups -OCH3 is 2. The van der Waals surface area contributed by atoms with Crippen molar-refractivity contribution in [3.8, 4) is 11.5 Å². The molecule has 3 rings (SSSR count). The quantitative estimate of drug-likeness (QED) is 0.389. The van der Waals surface area contributed by atoms with Crippen LogP contribution in [-0.4, -0.2) is 55.0 Å². The summed E-state index contributed by atoms with van der Waals surface area (Å²) in [7, 11) is 3.21. The van der Waals surface area contributed by atoms with Crippen LogP contribution in [0, 0.1) is 11.3 Å². The zero-order chi connectivity index (χ0) is 27.0. The number of hydrogen-bond acceptors (Lipinski definition) is 4. The van der Waals surface area contributed by atoms with Gasteiger partial charge in [0.2, 0.25) is 11.8 Å². The van der Waals surface area contributed by atoms with E-state index in [0.717, 1.165) is 43.5 Å². The smallest absolute Gasteiger partial charge is 0.245 e. The molecule has 0 radical (unpaired) electrons. The maximum Gasteiger partial charge on any atom is 0.245 e. The van der Waals surface area contributed by atoms with Gasteiger partial charge in [0, 0.05) is 32.5 Å². The lowest BCUT2D eigenvalue weighted by Crippen LogP contribution is -2.51. The van der Waals surface area contributed by atoms with E-state index in [-0.39, 0.29) is 23.1 Å². The lowest BCUT2D eigenvalue weighted by Gasteiger charge is -2.35. The molecule has 6 nitrogen and oxygen atoms in total. The highest BCUT2D eigenvalue weighted by atomic mass is 16.5. The summed E-state index contributed by atoms with van der Waals surface area (Å²) < 4.78 is 10.9. The molecule has 1 aliphatic heterocycles. The van der Waals surface area contributed by atoms with E-state index in [1.165, 1.54) is 0 Å². The van der Waals surface area contributed by atoms with E-state index in [0.29, 0.717) is 30.9 Å². The van der Waals surface area contributed by atoms with Crippen LogP contribution in [0.4, 0.5) is 0 Å². The van der Waals surface area contributed by atoms with E-state index in [2.05, 4.69) is 27.7 Å². The summed E-state index contributed by atoms with van der Waals surface area (Å²) in [5.74, 6) is 1.51. The maximum absolute atomic E-state index is 14.0. The van der Waals surface area contributed by atoms with Crippen LogP contribution in [0.25, 0.3) is 0 Å². The third-order valence-electron chi connectivity index (χ3n) is 6.96. The normalized spacial score (nSPS) is 15.2. The molecule has 0 saturated carbocycles. The largest absolute Gasteiger partial charge is 0.493 e. The van der Waals surface area contributed by atoms with Crippen molar-refractivity contribution in [1.82, 2.24) is 9.80 Å². The summed E-state index contributed by atoms with van der Waals surface area (Å²) in [5.41, 5.74) is 2.08. The molecule has 0 aliphatic carbocycles. The van der Waals surface area contributed by atoms with Crippen molar-refractivity contribution in [2.24, 2.45) is 11.3 Å². The minimum atomic E-state index is -0.567. The summed E-state index contributed by atoms with van der Waals surface area (Å²) in [6, 6.07) is 15.1. The van der Waals surface area contributed by atoms with E-state index in [1.54, 1.807) is 14.2 Å². The van der Waals surface area contributed by atoms with Crippen LogP contribution in [0.5, 0.6) is 11.5 Å². The summed E-state index contributed by atoms with van der Waals surface area (Å²) in [6.07, 6.45) is 3.85. The zero-order valence-electron chi connectivity index (χ0n) is 23.5. The number of rotatable bonds is 11. The Hall–Kier alpha value is -3.02. The number of likely N-dealkylation sites (tertiary alicyclic amines) is 1. The Labute approximate surface area is 222 Å². The molecular weight excluding hydrogens is 464 g/mol. The molecule has 2 unspecified atom stereocenters. The van der Waals surface area contributed by atoms with Gasteiger partial charge in [-0.2, -0.15) is 0 Å². The van der Waals surface area contributed by atoms with Crippen LogP contribution < -0.4 is 9.47 Å². The molecule has 2 aromatic carbocycles. The number of carbonyl (C=O) groups is 2. The summed E-state index contributed by atoms with van der Waals surface area (Å²) >= 11 is 0. The Morgan fingerprint density at radius 3 is 2.19 bits per heavy atom. The van der Waals surface area contributed by atoms with E-state index >= 15 is 0 Å². The van der Waals surface area contributed by atoms with Crippen LogP contribution in [0.2, 0.25) is 0 Å². The molecule has 1 heterocycles. The van der Waals surface area contributed by atoms with Gasteiger partial charge in [-0.15, -0.1) is 0 Å². The topological polar surface area (TPSA) is 59.1 Å². The minimum Gasteiger partial charge on any atom is -0.493 e. The monoisotopic (exact) mass is 508 g/mol.